The van der Waals surface area contributed by atoms with Crippen molar-refractivity contribution < 1.29 is 9.53 Å². The molecule has 98 valence electrons. The SMILES string of the molecule is Cc1ccc(OCCNC(=O)N2CCCC2)cc1. The molecule has 0 radical (unpaired) electrons. The van der Waals surface area contributed by atoms with E-state index in [1.165, 1.54) is 5.56 Å². The van der Waals surface area contributed by atoms with E-state index in [1.807, 2.05) is 36.1 Å². The van der Waals surface area contributed by atoms with Crippen LogP contribution in [0.4, 0.5) is 4.79 Å². The molecule has 1 N–H and O–H groups in total. The van der Waals surface area contributed by atoms with Gasteiger partial charge in [-0.1, -0.05) is 17.7 Å². The van der Waals surface area contributed by atoms with Crippen molar-refractivity contribution in [1.82, 2.24) is 10.2 Å². The summed E-state index contributed by atoms with van der Waals surface area (Å²) in [6.07, 6.45) is 2.24. The minimum atomic E-state index is 0.0278. The molecular weight excluding hydrogens is 228 g/mol. The molecule has 18 heavy (non-hydrogen) atoms. The van der Waals surface area contributed by atoms with Gasteiger partial charge in [-0.05, 0) is 31.9 Å². The van der Waals surface area contributed by atoms with E-state index >= 15 is 0 Å². The number of aryl methyl sites for hydroxylation is 1. The van der Waals surface area contributed by atoms with Crippen LogP contribution in [0.5, 0.6) is 5.75 Å². The Morgan fingerprint density at radius 2 is 1.94 bits per heavy atom. The van der Waals surface area contributed by atoms with Gasteiger partial charge in [-0.15, -0.1) is 0 Å². The van der Waals surface area contributed by atoms with Gasteiger partial charge >= 0.3 is 6.03 Å². The largest absolute Gasteiger partial charge is 0.492 e. The predicted molar refractivity (Wildman–Crippen MR) is 70.9 cm³/mol. The van der Waals surface area contributed by atoms with E-state index in [0.29, 0.717) is 13.2 Å². The van der Waals surface area contributed by atoms with E-state index in [-0.39, 0.29) is 6.03 Å². The van der Waals surface area contributed by atoms with Crippen LogP contribution in [0.3, 0.4) is 0 Å². The lowest BCUT2D eigenvalue weighted by molar-refractivity contribution is 0.205. The van der Waals surface area contributed by atoms with E-state index in [4.69, 9.17) is 4.74 Å². The standard InChI is InChI=1S/C14H20N2O2/c1-12-4-6-13(7-5-12)18-11-8-15-14(17)16-9-2-3-10-16/h4-7H,2-3,8-11H2,1H3,(H,15,17). The number of ether oxygens (including phenoxy) is 1. The predicted octanol–water partition coefficient (Wildman–Crippen LogP) is 2.18. The molecule has 1 fully saturated rings. The lowest BCUT2D eigenvalue weighted by Gasteiger charge is -2.16. The average molecular weight is 248 g/mol. The number of carbonyl (C=O) groups excluding carboxylic acids is 1. The van der Waals surface area contributed by atoms with E-state index in [0.717, 1.165) is 31.7 Å². The van der Waals surface area contributed by atoms with Gasteiger partial charge in [0.2, 0.25) is 0 Å². The van der Waals surface area contributed by atoms with E-state index in [9.17, 15) is 4.79 Å². The summed E-state index contributed by atoms with van der Waals surface area (Å²) < 4.78 is 5.54. The third kappa shape index (κ3) is 3.65. The first kappa shape index (κ1) is 12.7. The topological polar surface area (TPSA) is 41.6 Å². The Kier molecular flexibility index (Phi) is 4.45. The molecule has 2 amide bonds. The van der Waals surface area contributed by atoms with Crippen molar-refractivity contribution in [3.8, 4) is 5.75 Å². The van der Waals surface area contributed by atoms with E-state index in [2.05, 4.69) is 5.32 Å². The van der Waals surface area contributed by atoms with Crippen LogP contribution >= 0.6 is 0 Å². The Bertz CT molecular complexity index is 383. The zero-order chi connectivity index (χ0) is 12.8. The molecule has 1 saturated heterocycles. The molecule has 4 nitrogen and oxygen atoms in total. The Morgan fingerprint density at radius 1 is 1.28 bits per heavy atom. The van der Waals surface area contributed by atoms with Gasteiger partial charge in [-0.2, -0.15) is 0 Å². The van der Waals surface area contributed by atoms with Gasteiger partial charge in [-0.3, -0.25) is 0 Å². The summed E-state index contributed by atoms with van der Waals surface area (Å²) >= 11 is 0. The zero-order valence-corrected chi connectivity index (χ0v) is 10.8. The summed E-state index contributed by atoms with van der Waals surface area (Å²) in [4.78, 5) is 13.5. The lowest BCUT2D eigenvalue weighted by Crippen LogP contribution is -2.39. The molecule has 0 spiro atoms. The number of rotatable bonds is 4. The number of hydrogen-bond donors (Lipinski definition) is 1. The molecule has 1 aromatic carbocycles. The smallest absolute Gasteiger partial charge is 0.317 e. The van der Waals surface area contributed by atoms with Crippen LogP contribution < -0.4 is 10.1 Å². The van der Waals surface area contributed by atoms with Crippen molar-refractivity contribution in [2.75, 3.05) is 26.2 Å². The van der Waals surface area contributed by atoms with Crippen LogP contribution in [0.2, 0.25) is 0 Å². The highest BCUT2D eigenvalue weighted by atomic mass is 16.5. The first-order valence-electron chi connectivity index (χ1n) is 6.48. The maximum atomic E-state index is 11.7. The highest BCUT2D eigenvalue weighted by molar-refractivity contribution is 5.74. The zero-order valence-electron chi connectivity index (χ0n) is 10.8. The quantitative estimate of drug-likeness (QED) is 0.830. The summed E-state index contributed by atoms with van der Waals surface area (Å²) in [5.74, 6) is 0.844. The van der Waals surface area contributed by atoms with Crippen molar-refractivity contribution in [2.45, 2.75) is 19.8 Å². The number of likely N-dealkylation sites (tertiary alicyclic amines) is 1. The van der Waals surface area contributed by atoms with Gasteiger partial charge in [0.15, 0.2) is 0 Å². The summed E-state index contributed by atoms with van der Waals surface area (Å²) in [7, 11) is 0. The second-order valence-electron chi connectivity index (χ2n) is 4.59. The van der Waals surface area contributed by atoms with Crippen molar-refractivity contribution >= 4 is 6.03 Å². The first-order valence-corrected chi connectivity index (χ1v) is 6.48. The van der Waals surface area contributed by atoms with Crippen molar-refractivity contribution in [2.24, 2.45) is 0 Å². The van der Waals surface area contributed by atoms with Gasteiger partial charge in [0, 0.05) is 13.1 Å². The van der Waals surface area contributed by atoms with Crippen LogP contribution in [0.15, 0.2) is 24.3 Å². The Balaban J connectivity index is 1.63. The van der Waals surface area contributed by atoms with Gasteiger partial charge < -0.3 is 15.0 Å². The fourth-order valence-corrected chi connectivity index (χ4v) is 1.99. The van der Waals surface area contributed by atoms with E-state index in [1.54, 1.807) is 0 Å². The third-order valence-electron chi connectivity index (χ3n) is 3.06. The van der Waals surface area contributed by atoms with Gasteiger partial charge in [0.05, 0.1) is 6.54 Å². The molecule has 1 aromatic rings. The second kappa shape index (κ2) is 6.28. The van der Waals surface area contributed by atoms with Gasteiger partial charge in [0.1, 0.15) is 12.4 Å². The molecule has 0 aromatic heterocycles. The third-order valence-corrected chi connectivity index (χ3v) is 3.06. The first-order chi connectivity index (χ1) is 8.75. The Hall–Kier alpha value is -1.71. The fraction of sp³-hybridized carbons (Fsp3) is 0.500. The molecule has 0 bridgehead atoms. The summed E-state index contributed by atoms with van der Waals surface area (Å²) in [6, 6.07) is 7.94. The Labute approximate surface area is 108 Å². The molecule has 1 aliphatic rings. The number of carbonyl (C=O) groups is 1. The number of urea groups is 1. The molecule has 4 heteroatoms. The number of hydrogen-bond acceptors (Lipinski definition) is 2. The molecule has 0 unspecified atom stereocenters. The molecular formula is C14H20N2O2. The molecule has 1 aliphatic heterocycles. The monoisotopic (exact) mass is 248 g/mol. The minimum absolute atomic E-state index is 0.0278. The van der Waals surface area contributed by atoms with E-state index < -0.39 is 0 Å². The molecule has 2 rings (SSSR count). The fourth-order valence-electron chi connectivity index (χ4n) is 1.99. The van der Waals surface area contributed by atoms with Crippen molar-refractivity contribution in [3.05, 3.63) is 29.8 Å². The minimum Gasteiger partial charge on any atom is -0.492 e. The molecule has 1 heterocycles. The average Bonchev–Trinajstić information content (AvgIpc) is 2.90. The molecule has 0 saturated carbocycles. The number of nitrogens with zero attached hydrogens (tertiary/aromatic N) is 1. The van der Waals surface area contributed by atoms with Crippen LogP contribution in [0, 0.1) is 6.92 Å². The number of nitrogens with one attached hydrogen (secondary N) is 1. The highest BCUT2D eigenvalue weighted by Crippen LogP contribution is 2.11. The van der Waals surface area contributed by atoms with Crippen molar-refractivity contribution in [3.63, 3.8) is 0 Å². The summed E-state index contributed by atoms with van der Waals surface area (Å²) in [6.45, 7) is 4.85. The Morgan fingerprint density at radius 3 is 2.61 bits per heavy atom. The molecule has 0 atom stereocenters. The van der Waals surface area contributed by atoms with Crippen LogP contribution in [-0.4, -0.2) is 37.2 Å². The van der Waals surface area contributed by atoms with Crippen LogP contribution in [0.25, 0.3) is 0 Å². The normalized spacial score (nSPS) is 14.6. The summed E-state index contributed by atoms with van der Waals surface area (Å²) in [5, 5.41) is 2.87. The lowest BCUT2D eigenvalue weighted by atomic mass is 10.2. The maximum absolute atomic E-state index is 11.7. The van der Waals surface area contributed by atoms with Gasteiger partial charge in [0.25, 0.3) is 0 Å². The molecule has 0 aliphatic carbocycles. The van der Waals surface area contributed by atoms with Crippen LogP contribution in [-0.2, 0) is 0 Å². The second-order valence-corrected chi connectivity index (χ2v) is 4.59. The number of amides is 2. The highest BCUT2D eigenvalue weighted by Gasteiger charge is 2.16. The number of benzene rings is 1. The van der Waals surface area contributed by atoms with Gasteiger partial charge in [-0.25, -0.2) is 4.79 Å². The van der Waals surface area contributed by atoms with Crippen molar-refractivity contribution in [1.29, 1.82) is 0 Å². The maximum Gasteiger partial charge on any atom is 0.317 e. The van der Waals surface area contributed by atoms with Crippen LogP contribution in [0.1, 0.15) is 18.4 Å². The summed E-state index contributed by atoms with van der Waals surface area (Å²) in [5.41, 5.74) is 1.21.